The van der Waals surface area contributed by atoms with Gasteiger partial charge in [0.1, 0.15) is 18.5 Å². The second-order valence-electron chi connectivity index (χ2n) is 5.55. The third-order valence-corrected chi connectivity index (χ3v) is 3.29. The van der Waals surface area contributed by atoms with Gasteiger partial charge in [-0.25, -0.2) is 0 Å². The highest BCUT2D eigenvalue weighted by molar-refractivity contribution is 5.38. The van der Waals surface area contributed by atoms with E-state index in [0.29, 0.717) is 12.5 Å². The smallest absolute Gasteiger partial charge is 0.124 e. The summed E-state index contributed by atoms with van der Waals surface area (Å²) in [6.45, 7) is 8.94. The van der Waals surface area contributed by atoms with Gasteiger partial charge in [0, 0.05) is 12.2 Å². The Morgan fingerprint density at radius 1 is 1.37 bits per heavy atom. The summed E-state index contributed by atoms with van der Waals surface area (Å²) in [7, 11) is 0. The monoisotopic (exact) mass is 263 g/mol. The van der Waals surface area contributed by atoms with Gasteiger partial charge in [-0.05, 0) is 24.9 Å². The van der Waals surface area contributed by atoms with Crippen molar-refractivity contribution in [3.8, 4) is 5.75 Å². The van der Waals surface area contributed by atoms with E-state index >= 15 is 0 Å². The predicted octanol–water partition coefficient (Wildman–Crippen LogP) is 3.16. The van der Waals surface area contributed by atoms with Crippen molar-refractivity contribution < 1.29 is 9.47 Å². The lowest BCUT2D eigenvalue weighted by Gasteiger charge is -2.34. The van der Waals surface area contributed by atoms with Crippen molar-refractivity contribution in [2.75, 3.05) is 19.8 Å². The Balaban J connectivity index is 2.11. The van der Waals surface area contributed by atoms with Gasteiger partial charge in [-0.15, -0.1) is 0 Å². The molecule has 106 valence electrons. The highest BCUT2D eigenvalue weighted by Crippen LogP contribution is 2.33. The van der Waals surface area contributed by atoms with Crippen LogP contribution >= 0.6 is 0 Å². The number of fused-ring (bicyclic) bond motifs is 1. The van der Waals surface area contributed by atoms with Gasteiger partial charge in [0.25, 0.3) is 0 Å². The highest BCUT2D eigenvalue weighted by Gasteiger charge is 2.31. The van der Waals surface area contributed by atoms with E-state index in [1.54, 1.807) is 0 Å². The van der Waals surface area contributed by atoms with Crippen molar-refractivity contribution in [1.82, 2.24) is 5.32 Å². The van der Waals surface area contributed by atoms with Crippen molar-refractivity contribution in [3.05, 3.63) is 29.8 Å². The second kappa shape index (κ2) is 6.92. The Morgan fingerprint density at radius 2 is 2.16 bits per heavy atom. The normalized spacial score (nSPS) is 22.1. The molecule has 2 rings (SSSR count). The van der Waals surface area contributed by atoms with Crippen LogP contribution in [0.1, 0.15) is 38.8 Å². The molecule has 0 bridgehead atoms. The van der Waals surface area contributed by atoms with Gasteiger partial charge in [-0.2, -0.15) is 0 Å². The first-order valence-corrected chi connectivity index (χ1v) is 7.29. The lowest BCUT2D eigenvalue weighted by Crippen LogP contribution is -2.41. The quantitative estimate of drug-likeness (QED) is 0.855. The van der Waals surface area contributed by atoms with Crippen LogP contribution in [-0.2, 0) is 4.74 Å². The lowest BCUT2D eigenvalue weighted by molar-refractivity contribution is -0.0260. The largest absolute Gasteiger partial charge is 0.490 e. The lowest BCUT2D eigenvalue weighted by atomic mass is 9.98. The van der Waals surface area contributed by atoms with Gasteiger partial charge in [0.05, 0.1) is 6.04 Å². The molecule has 0 saturated carbocycles. The molecular weight excluding hydrogens is 238 g/mol. The number of hydrogen-bond acceptors (Lipinski definition) is 3. The molecule has 0 fully saturated rings. The van der Waals surface area contributed by atoms with Crippen LogP contribution in [0.3, 0.4) is 0 Å². The van der Waals surface area contributed by atoms with Crippen LogP contribution < -0.4 is 10.1 Å². The Kier molecular flexibility index (Phi) is 5.23. The highest BCUT2D eigenvalue weighted by atomic mass is 16.5. The summed E-state index contributed by atoms with van der Waals surface area (Å²) in [5.74, 6) is 1.53. The van der Waals surface area contributed by atoms with Crippen molar-refractivity contribution in [1.29, 1.82) is 0 Å². The van der Waals surface area contributed by atoms with Gasteiger partial charge < -0.3 is 14.8 Å². The minimum Gasteiger partial charge on any atom is -0.490 e. The molecule has 1 aliphatic rings. The third-order valence-electron chi connectivity index (χ3n) is 3.29. The number of nitrogens with one attached hydrogen (secondary N) is 1. The minimum absolute atomic E-state index is 0.101. The van der Waals surface area contributed by atoms with Gasteiger partial charge in [-0.1, -0.05) is 39.0 Å². The minimum atomic E-state index is 0.101. The Hall–Kier alpha value is -1.06. The van der Waals surface area contributed by atoms with Crippen molar-refractivity contribution in [2.45, 2.75) is 39.3 Å². The van der Waals surface area contributed by atoms with Crippen LogP contribution in [0, 0.1) is 5.92 Å². The molecule has 1 aliphatic heterocycles. The first-order valence-electron chi connectivity index (χ1n) is 7.29. The third kappa shape index (κ3) is 3.71. The summed E-state index contributed by atoms with van der Waals surface area (Å²) in [6, 6.07) is 8.49. The first-order chi connectivity index (χ1) is 9.22. The van der Waals surface area contributed by atoms with Crippen molar-refractivity contribution >= 4 is 0 Å². The van der Waals surface area contributed by atoms with Crippen LogP contribution in [-0.4, -0.2) is 25.9 Å². The summed E-state index contributed by atoms with van der Waals surface area (Å²) in [5.41, 5.74) is 1.22. The van der Waals surface area contributed by atoms with E-state index in [0.717, 1.165) is 25.3 Å². The number of para-hydroxylation sites is 1. The van der Waals surface area contributed by atoms with E-state index < -0.39 is 0 Å². The molecule has 0 aromatic heterocycles. The fourth-order valence-electron chi connectivity index (χ4n) is 2.34. The number of hydrogen-bond donors (Lipinski definition) is 1. The van der Waals surface area contributed by atoms with Gasteiger partial charge in [0.2, 0.25) is 0 Å². The van der Waals surface area contributed by atoms with Crippen LogP contribution in [0.2, 0.25) is 0 Å². The van der Waals surface area contributed by atoms with Crippen LogP contribution in [0.4, 0.5) is 0 Å². The average Bonchev–Trinajstić information content (AvgIpc) is 2.43. The number of ether oxygens (including phenoxy) is 2. The molecular formula is C16H25NO2. The fraction of sp³-hybridized carbons (Fsp3) is 0.625. The maximum atomic E-state index is 6.02. The molecule has 3 heteroatoms. The van der Waals surface area contributed by atoms with Gasteiger partial charge in [-0.3, -0.25) is 0 Å². The molecule has 3 nitrogen and oxygen atoms in total. The molecule has 0 amide bonds. The number of benzene rings is 1. The molecule has 1 aromatic rings. The van der Waals surface area contributed by atoms with Crippen LogP contribution in [0.25, 0.3) is 0 Å². The van der Waals surface area contributed by atoms with E-state index in [2.05, 4.69) is 38.2 Å². The van der Waals surface area contributed by atoms with Crippen molar-refractivity contribution in [2.24, 2.45) is 5.92 Å². The zero-order valence-electron chi connectivity index (χ0n) is 12.2. The van der Waals surface area contributed by atoms with E-state index in [9.17, 15) is 0 Å². The first kappa shape index (κ1) is 14.4. The zero-order chi connectivity index (χ0) is 13.7. The molecule has 19 heavy (non-hydrogen) atoms. The molecule has 0 saturated heterocycles. The molecule has 1 aromatic carbocycles. The van der Waals surface area contributed by atoms with E-state index in [1.807, 2.05) is 12.1 Å². The van der Waals surface area contributed by atoms with Crippen LogP contribution in [0.15, 0.2) is 24.3 Å². The summed E-state index contributed by atoms with van der Waals surface area (Å²) >= 11 is 0. The summed E-state index contributed by atoms with van der Waals surface area (Å²) in [5, 5.41) is 3.60. The van der Waals surface area contributed by atoms with Crippen LogP contribution in [0.5, 0.6) is 5.75 Å². The number of rotatable bonds is 6. The SMILES string of the molecule is CCCNC1c2ccccc2OCC1OCC(C)C. The van der Waals surface area contributed by atoms with Gasteiger partial charge >= 0.3 is 0 Å². The molecule has 1 N–H and O–H groups in total. The molecule has 1 heterocycles. The van der Waals surface area contributed by atoms with Crippen molar-refractivity contribution in [3.63, 3.8) is 0 Å². The molecule has 0 spiro atoms. The summed E-state index contributed by atoms with van der Waals surface area (Å²) in [4.78, 5) is 0. The maximum absolute atomic E-state index is 6.02. The summed E-state index contributed by atoms with van der Waals surface area (Å²) < 4.78 is 11.8. The maximum Gasteiger partial charge on any atom is 0.124 e. The van der Waals surface area contributed by atoms with E-state index in [4.69, 9.17) is 9.47 Å². The Labute approximate surface area is 116 Å². The molecule has 0 aliphatic carbocycles. The summed E-state index contributed by atoms with van der Waals surface area (Å²) in [6.07, 6.45) is 1.22. The Bertz CT molecular complexity index is 392. The molecule has 2 atom stereocenters. The fourth-order valence-corrected chi connectivity index (χ4v) is 2.34. The standard InChI is InChI=1S/C16H25NO2/c1-4-9-17-16-13-7-5-6-8-14(13)19-11-15(16)18-10-12(2)3/h5-8,12,15-17H,4,9-11H2,1-3H3. The Morgan fingerprint density at radius 3 is 2.89 bits per heavy atom. The molecule has 2 unspecified atom stereocenters. The predicted molar refractivity (Wildman–Crippen MR) is 77.5 cm³/mol. The average molecular weight is 263 g/mol. The van der Waals surface area contributed by atoms with E-state index in [1.165, 1.54) is 5.56 Å². The zero-order valence-corrected chi connectivity index (χ0v) is 12.2. The topological polar surface area (TPSA) is 30.5 Å². The molecule has 0 radical (unpaired) electrons. The second-order valence-corrected chi connectivity index (χ2v) is 5.55. The van der Waals surface area contributed by atoms with E-state index in [-0.39, 0.29) is 12.1 Å². The van der Waals surface area contributed by atoms with Gasteiger partial charge in [0.15, 0.2) is 0 Å².